The number of benzene rings is 2. The maximum atomic E-state index is 12.1. The Hall–Kier alpha value is -1.63. The molecular weight excluding hydrogens is 266 g/mol. The van der Waals surface area contributed by atoms with Gasteiger partial charge in [0, 0.05) is 17.3 Å². The molecule has 0 radical (unpaired) electrons. The highest BCUT2D eigenvalue weighted by atomic mass is 32.2. The number of hydrogen-bond donors (Lipinski definition) is 2. The van der Waals surface area contributed by atoms with E-state index in [2.05, 4.69) is 4.72 Å². The van der Waals surface area contributed by atoms with Crippen molar-refractivity contribution in [1.82, 2.24) is 4.72 Å². The zero-order valence-corrected chi connectivity index (χ0v) is 11.3. The molecule has 102 valence electrons. The maximum Gasteiger partial charge on any atom is 0.241 e. The molecule has 0 aliphatic carbocycles. The number of aliphatic hydroxyl groups excluding tert-OH is 1. The summed E-state index contributed by atoms with van der Waals surface area (Å²) in [5, 5.41) is 10.0. The predicted octanol–water partition coefficient (Wildman–Crippen LogP) is 1.12. The van der Waals surface area contributed by atoms with Crippen molar-refractivity contribution >= 4 is 20.8 Å². The second kappa shape index (κ2) is 5.56. The van der Waals surface area contributed by atoms with Crippen molar-refractivity contribution in [3.63, 3.8) is 0 Å². The molecule has 6 heteroatoms. The van der Waals surface area contributed by atoms with E-state index >= 15 is 0 Å². The van der Waals surface area contributed by atoms with Crippen molar-refractivity contribution < 1.29 is 18.3 Å². The van der Waals surface area contributed by atoms with E-state index in [1.807, 2.05) is 6.07 Å². The van der Waals surface area contributed by atoms with Gasteiger partial charge in [0.25, 0.3) is 0 Å². The van der Waals surface area contributed by atoms with Gasteiger partial charge in [-0.05, 0) is 12.1 Å². The lowest BCUT2D eigenvalue weighted by Crippen LogP contribution is -2.26. The first-order valence-corrected chi connectivity index (χ1v) is 7.24. The van der Waals surface area contributed by atoms with Gasteiger partial charge < -0.3 is 9.84 Å². The Labute approximate surface area is 111 Å². The summed E-state index contributed by atoms with van der Waals surface area (Å²) in [6, 6.07) is 10.2. The van der Waals surface area contributed by atoms with Crippen LogP contribution in [0.25, 0.3) is 10.8 Å². The van der Waals surface area contributed by atoms with E-state index in [1.54, 1.807) is 31.4 Å². The Balaban J connectivity index is 2.63. The Morgan fingerprint density at radius 1 is 1.16 bits per heavy atom. The van der Waals surface area contributed by atoms with Gasteiger partial charge in [0.05, 0.1) is 18.6 Å². The molecule has 19 heavy (non-hydrogen) atoms. The van der Waals surface area contributed by atoms with Gasteiger partial charge in [0.2, 0.25) is 10.0 Å². The van der Waals surface area contributed by atoms with Crippen LogP contribution in [0.15, 0.2) is 41.3 Å². The molecule has 0 bridgehead atoms. The van der Waals surface area contributed by atoms with Gasteiger partial charge in [0.15, 0.2) is 0 Å². The molecule has 0 saturated heterocycles. The minimum Gasteiger partial charge on any atom is -0.496 e. The SMILES string of the molecule is COc1ccc(S(=O)(=O)NCCO)c2ccccc12. The van der Waals surface area contributed by atoms with E-state index in [-0.39, 0.29) is 18.0 Å². The first kappa shape index (κ1) is 13.8. The van der Waals surface area contributed by atoms with Crippen LogP contribution in [-0.4, -0.2) is 33.8 Å². The van der Waals surface area contributed by atoms with Gasteiger partial charge in [-0.2, -0.15) is 0 Å². The lowest BCUT2D eigenvalue weighted by Gasteiger charge is -2.11. The third-order valence-corrected chi connectivity index (χ3v) is 4.28. The van der Waals surface area contributed by atoms with E-state index < -0.39 is 10.0 Å². The molecule has 2 aromatic carbocycles. The fraction of sp³-hybridized carbons (Fsp3) is 0.231. The van der Waals surface area contributed by atoms with Gasteiger partial charge in [-0.1, -0.05) is 24.3 Å². The fourth-order valence-corrected chi connectivity index (χ4v) is 3.14. The summed E-state index contributed by atoms with van der Waals surface area (Å²) < 4.78 is 31.8. The first-order chi connectivity index (χ1) is 9.10. The van der Waals surface area contributed by atoms with Crippen LogP contribution in [0.3, 0.4) is 0 Å². The minimum atomic E-state index is -3.64. The quantitative estimate of drug-likeness (QED) is 0.861. The van der Waals surface area contributed by atoms with Crippen LogP contribution < -0.4 is 9.46 Å². The molecule has 0 fully saturated rings. The van der Waals surface area contributed by atoms with Crippen LogP contribution in [0.5, 0.6) is 5.75 Å². The molecule has 0 aliphatic rings. The van der Waals surface area contributed by atoms with Crippen LogP contribution >= 0.6 is 0 Å². The largest absolute Gasteiger partial charge is 0.496 e. The number of sulfonamides is 1. The predicted molar refractivity (Wildman–Crippen MR) is 72.8 cm³/mol. The Bertz CT molecular complexity index is 682. The van der Waals surface area contributed by atoms with Gasteiger partial charge in [0.1, 0.15) is 5.75 Å². The van der Waals surface area contributed by atoms with Crippen molar-refractivity contribution in [2.24, 2.45) is 0 Å². The Morgan fingerprint density at radius 3 is 2.47 bits per heavy atom. The van der Waals surface area contributed by atoms with Crippen molar-refractivity contribution in [1.29, 1.82) is 0 Å². The zero-order valence-electron chi connectivity index (χ0n) is 10.5. The van der Waals surface area contributed by atoms with E-state index in [1.165, 1.54) is 6.07 Å². The normalized spacial score (nSPS) is 11.7. The second-order valence-electron chi connectivity index (χ2n) is 3.93. The summed E-state index contributed by atoms with van der Waals surface area (Å²) in [7, 11) is -2.10. The van der Waals surface area contributed by atoms with Crippen LogP contribution in [0.2, 0.25) is 0 Å². The molecule has 0 aliphatic heterocycles. The highest BCUT2D eigenvalue weighted by molar-refractivity contribution is 7.89. The standard InChI is InChI=1S/C13H15NO4S/c1-18-12-6-7-13(19(16,17)14-8-9-15)11-5-3-2-4-10(11)12/h2-7,14-15H,8-9H2,1H3. The van der Waals surface area contributed by atoms with Gasteiger partial charge in [-0.15, -0.1) is 0 Å². The summed E-state index contributed by atoms with van der Waals surface area (Å²) in [6.07, 6.45) is 0. The van der Waals surface area contributed by atoms with Crippen LogP contribution in [0.1, 0.15) is 0 Å². The average molecular weight is 281 g/mol. The van der Waals surface area contributed by atoms with Crippen molar-refractivity contribution in [3.8, 4) is 5.75 Å². The molecule has 2 rings (SSSR count). The molecule has 0 atom stereocenters. The van der Waals surface area contributed by atoms with E-state index in [4.69, 9.17) is 9.84 Å². The Kier molecular flexibility index (Phi) is 4.04. The fourth-order valence-electron chi connectivity index (χ4n) is 1.91. The third kappa shape index (κ3) is 2.70. The maximum absolute atomic E-state index is 12.1. The molecule has 0 aromatic heterocycles. The lowest BCUT2D eigenvalue weighted by atomic mass is 10.1. The number of aliphatic hydroxyl groups is 1. The summed E-state index contributed by atoms with van der Waals surface area (Å²) in [6.45, 7) is -0.254. The summed E-state index contributed by atoms with van der Waals surface area (Å²) in [4.78, 5) is 0.178. The first-order valence-electron chi connectivity index (χ1n) is 5.76. The molecule has 0 spiro atoms. The van der Waals surface area contributed by atoms with Crippen molar-refractivity contribution in [3.05, 3.63) is 36.4 Å². The number of nitrogens with one attached hydrogen (secondary N) is 1. The lowest BCUT2D eigenvalue weighted by molar-refractivity contribution is 0.301. The monoisotopic (exact) mass is 281 g/mol. The van der Waals surface area contributed by atoms with E-state index in [0.29, 0.717) is 11.1 Å². The third-order valence-electron chi connectivity index (χ3n) is 2.76. The van der Waals surface area contributed by atoms with Gasteiger partial charge in [-0.3, -0.25) is 0 Å². The van der Waals surface area contributed by atoms with E-state index in [0.717, 1.165) is 5.39 Å². The molecule has 2 aromatic rings. The molecule has 0 amide bonds. The summed E-state index contributed by atoms with van der Waals surface area (Å²) in [5.74, 6) is 0.622. The number of rotatable bonds is 5. The molecule has 2 N–H and O–H groups in total. The zero-order chi connectivity index (χ0) is 13.9. The molecule has 5 nitrogen and oxygen atoms in total. The van der Waals surface area contributed by atoms with Gasteiger partial charge in [-0.25, -0.2) is 13.1 Å². The summed E-state index contributed by atoms with van der Waals surface area (Å²) >= 11 is 0. The highest BCUT2D eigenvalue weighted by Gasteiger charge is 2.18. The topological polar surface area (TPSA) is 75.6 Å². The van der Waals surface area contributed by atoms with Crippen LogP contribution in [0, 0.1) is 0 Å². The highest BCUT2D eigenvalue weighted by Crippen LogP contribution is 2.30. The second-order valence-corrected chi connectivity index (χ2v) is 5.67. The minimum absolute atomic E-state index is 0.0112. The molecule has 0 unspecified atom stereocenters. The van der Waals surface area contributed by atoms with E-state index in [9.17, 15) is 8.42 Å². The number of hydrogen-bond acceptors (Lipinski definition) is 4. The van der Waals surface area contributed by atoms with Crippen molar-refractivity contribution in [2.75, 3.05) is 20.3 Å². The average Bonchev–Trinajstić information content (AvgIpc) is 2.43. The van der Waals surface area contributed by atoms with Gasteiger partial charge >= 0.3 is 0 Å². The molecular formula is C13H15NO4S. The van der Waals surface area contributed by atoms with Crippen LogP contribution in [-0.2, 0) is 10.0 Å². The Morgan fingerprint density at radius 2 is 1.84 bits per heavy atom. The number of fused-ring (bicyclic) bond motifs is 1. The van der Waals surface area contributed by atoms with Crippen molar-refractivity contribution in [2.45, 2.75) is 4.90 Å². The number of methoxy groups -OCH3 is 1. The molecule has 0 saturated carbocycles. The number of ether oxygens (including phenoxy) is 1. The molecule has 0 heterocycles. The smallest absolute Gasteiger partial charge is 0.241 e. The summed E-state index contributed by atoms with van der Waals surface area (Å²) in [5.41, 5.74) is 0. The van der Waals surface area contributed by atoms with Crippen LogP contribution in [0.4, 0.5) is 0 Å².